The highest BCUT2D eigenvalue weighted by molar-refractivity contribution is 6.06. The van der Waals surface area contributed by atoms with Crippen LogP contribution in [-0.2, 0) is 16.1 Å². The molecule has 1 aromatic heterocycles. The fourth-order valence-corrected chi connectivity index (χ4v) is 5.78. The lowest BCUT2D eigenvalue weighted by Gasteiger charge is -2.36. The number of rotatable bonds is 10. The highest BCUT2D eigenvalue weighted by atomic mass is 16.5. The van der Waals surface area contributed by atoms with Gasteiger partial charge in [0.05, 0.1) is 24.9 Å². The number of carbonyl (C=O) groups is 2. The summed E-state index contributed by atoms with van der Waals surface area (Å²) < 4.78 is 10.8. The Morgan fingerprint density at radius 1 is 0.952 bits per heavy atom. The van der Waals surface area contributed by atoms with Gasteiger partial charge in [-0.2, -0.15) is 0 Å². The van der Waals surface area contributed by atoms with E-state index in [1.807, 2.05) is 77.7 Å². The summed E-state index contributed by atoms with van der Waals surface area (Å²) in [5.74, 6) is -0.269. The van der Waals surface area contributed by atoms with Gasteiger partial charge in [-0.3, -0.25) is 9.59 Å². The molecule has 0 bridgehead atoms. The van der Waals surface area contributed by atoms with E-state index in [-0.39, 0.29) is 30.7 Å². The summed E-state index contributed by atoms with van der Waals surface area (Å²) in [5.41, 5.74) is 1.85. The van der Waals surface area contributed by atoms with E-state index in [1.165, 1.54) is 0 Å². The molecule has 0 aliphatic heterocycles. The first-order valence-electron chi connectivity index (χ1n) is 14.6. The van der Waals surface area contributed by atoms with Gasteiger partial charge in [-0.05, 0) is 49.1 Å². The molecule has 1 unspecified atom stereocenters. The molecule has 3 aromatic carbocycles. The van der Waals surface area contributed by atoms with Gasteiger partial charge in [0.15, 0.2) is 0 Å². The number of anilines is 1. The molecule has 1 heterocycles. The van der Waals surface area contributed by atoms with Crippen molar-refractivity contribution in [3.05, 3.63) is 106 Å². The maximum absolute atomic E-state index is 14.4. The second kappa shape index (κ2) is 13.4. The number of ether oxygens (including phenoxy) is 2. The van der Waals surface area contributed by atoms with Gasteiger partial charge in [-0.25, -0.2) is 4.79 Å². The zero-order valence-electron chi connectivity index (χ0n) is 24.1. The number of pyridine rings is 1. The Morgan fingerprint density at radius 3 is 2.33 bits per heavy atom. The number of nitrogens with one attached hydrogen (secondary N) is 2. The Bertz CT molecular complexity index is 1580. The molecular weight excluding hydrogens is 530 g/mol. The Morgan fingerprint density at radius 2 is 1.64 bits per heavy atom. The summed E-state index contributed by atoms with van der Waals surface area (Å²) in [5, 5.41) is 3.94. The van der Waals surface area contributed by atoms with Crippen molar-refractivity contribution in [1.29, 1.82) is 0 Å². The minimum Gasteiger partial charge on any atom is -0.497 e. The summed E-state index contributed by atoms with van der Waals surface area (Å²) in [6, 6.07) is 23.6. The van der Waals surface area contributed by atoms with Crippen molar-refractivity contribution in [1.82, 2.24) is 10.3 Å². The second-order valence-corrected chi connectivity index (χ2v) is 10.6. The number of hydrogen-bond acceptors (Lipinski definition) is 6. The fraction of sp³-hybridized carbons (Fsp3) is 0.324. The third kappa shape index (κ3) is 6.33. The number of methoxy groups -OCH3 is 1. The molecule has 5 rings (SSSR count). The van der Waals surface area contributed by atoms with Crippen LogP contribution < -0.4 is 20.5 Å². The first-order chi connectivity index (χ1) is 20.5. The molecule has 0 spiro atoms. The molecule has 1 aliphatic rings. The van der Waals surface area contributed by atoms with E-state index in [2.05, 4.69) is 10.3 Å². The van der Waals surface area contributed by atoms with E-state index in [0.717, 1.165) is 37.7 Å². The summed E-state index contributed by atoms with van der Waals surface area (Å²) in [7, 11) is 1.60. The first kappa shape index (κ1) is 28.9. The highest BCUT2D eigenvalue weighted by Crippen LogP contribution is 2.37. The van der Waals surface area contributed by atoms with Gasteiger partial charge in [0, 0.05) is 18.0 Å². The lowest BCUT2D eigenvalue weighted by atomic mass is 9.94. The van der Waals surface area contributed by atoms with Crippen molar-refractivity contribution in [3.63, 3.8) is 0 Å². The number of amides is 1. The number of H-pyrrole nitrogens is 1. The molecule has 1 saturated carbocycles. The van der Waals surface area contributed by atoms with Crippen molar-refractivity contribution in [2.75, 3.05) is 18.6 Å². The second-order valence-electron chi connectivity index (χ2n) is 10.6. The molecule has 1 fully saturated rings. The van der Waals surface area contributed by atoms with Crippen LogP contribution in [0.4, 0.5) is 5.69 Å². The summed E-state index contributed by atoms with van der Waals surface area (Å²) in [6.07, 6.45) is 5.13. The maximum Gasteiger partial charge on any atom is 0.345 e. The molecule has 1 atom stereocenters. The smallest absolute Gasteiger partial charge is 0.345 e. The first-order valence-corrected chi connectivity index (χ1v) is 14.6. The molecule has 1 aliphatic carbocycles. The van der Waals surface area contributed by atoms with Crippen LogP contribution in [0.2, 0.25) is 0 Å². The Kier molecular flexibility index (Phi) is 9.21. The normalized spacial score (nSPS) is 14.2. The number of aromatic amines is 1. The topological polar surface area (TPSA) is 101 Å². The zero-order chi connectivity index (χ0) is 29.5. The lowest BCUT2D eigenvalue weighted by Crippen LogP contribution is -2.46. The van der Waals surface area contributed by atoms with Crippen molar-refractivity contribution >= 4 is 28.5 Å². The number of para-hydroxylation sites is 1. The van der Waals surface area contributed by atoms with E-state index in [4.69, 9.17) is 9.47 Å². The van der Waals surface area contributed by atoms with Crippen LogP contribution in [0.25, 0.3) is 10.9 Å². The van der Waals surface area contributed by atoms with Crippen molar-refractivity contribution in [2.24, 2.45) is 0 Å². The summed E-state index contributed by atoms with van der Waals surface area (Å²) in [4.78, 5) is 46.1. The largest absolute Gasteiger partial charge is 0.497 e. The van der Waals surface area contributed by atoms with E-state index in [9.17, 15) is 14.4 Å². The van der Waals surface area contributed by atoms with E-state index >= 15 is 0 Å². The molecule has 4 aromatic rings. The number of fused-ring (bicyclic) bond motifs is 1. The number of benzene rings is 3. The summed E-state index contributed by atoms with van der Waals surface area (Å²) in [6.45, 7) is 2.06. The standard InChI is InChI=1S/C34H37N3O5/c1-3-42-34(40)29-31(27-16-10-11-17-28(27)36-32(29)38)37(22-23-12-6-4-7-13-23)30(24-18-20-26(41-2)21-19-24)33(39)35-25-14-8-5-9-15-25/h4,6-7,10-13,16-21,25,30H,3,5,8-9,14-15,22H2,1-2H3,(H,35,39)(H,36,38). The monoisotopic (exact) mass is 567 g/mol. The Labute approximate surface area is 245 Å². The van der Waals surface area contributed by atoms with Gasteiger partial charge < -0.3 is 24.7 Å². The highest BCUT2D eigenvalue weighted by Gasteiger charge is 2.35. The molecule has 0 radical (unpaired) electrons. The van der Waals surface area contributed by atoms with Gasteiger partial charge in [0.1, 0.15) is 17.4 Å². The van der Waals surface area contributed by atoms with Gasteiger partial charge in [-0.1, -0.05) is 79.9 Å². The van der Waals surface area contributed by atoms with Crippen LogP contribution >= 0.6 is 0 Å². The van der Waals surface area contributed by atoms with Crippen LogP contribution in [0.1, 0.15) is 66.6 Å². The predicted octanol–water partition coefficient (Wildman–Crippen LogP) is 5.91. The third-order valence-corrected chi connectivity index (χ3v) is 7.80. The maximum atomic E-state index is 14.4. The number of esters is 1. The quantitative estimate of drug-likeness (QED) is 0.231. The Balaban J connectivity index is 1.76. The molecule has 0 saturated heterocycles. The zero-order valence-corrected chi connectivity index (χ0v) is 24.1. The minimum atomic E-state index is -0.864. The van der Waals surface area contributed by atoms with Gasteiger partial charge in [0.2, 0.25) is 5.91 Å². The molecule has 218 valence electrons. The molecule has 1 amide bonds. The number of aromatic nitrogens is 1. The molecule has 8 heteroatoms. The van der Waals surface area contributed by atoms with Gasteiger partial charge >= 0.3 is 5.97 Å². The molecule has 42 heavy (non-hydrogen) atoms. The predicted molar refractivity (Wildman–Crippen MR) is 164 cm³/mol. The average molecular weight is 568 g/mol. The lowest BCUT2D eigenvalue weighted by molar-refractivity contribution is -0.123. The van der Waals surface area contributed by atoms with Crippen LogP contribution in [0.15, 0.2) is 83.7 Å². The fourth-order valence-electron chi connectivity index (χ4n) is 5.78. The number of carbonyl (C=O) groups excluding carboxylic acids is 2. The third-order valence-electron chi connectivity index (χ3n) is 7.80. The summed E-state index contributed by atoms with van der Waals surface area (Å²) >= 11 is 0. The van der Waals surface area contributed by atoms with E-state index < -0.39 is 17.6 Å². The van der Waals surface area contributed by atoms with Crippen molar-refractivity contribution < 1.29 is 19.1 Å². The van der Waals surface area contributed by atoms with Gasteiger partial charge in [0.25, 0.3) is 5.56 Å². The number of hydrogen-bond donors (Lipinski definition) is 2. The molecule has 8 nitrogen and oxygen atoms in total. The SMILES string of the molecule is CCOC(=O)c1c(N(Cc2ccccc2)C(C(=O)NC2CCCCC2)c2ccc(OC)cc2)c2ccccc2[nH]c1=O. The van der Waals surface area contributed by atoms with E-state index in [1.54, 1.807) is 20.1 Å². The minimum absolute atomic E-state index is 0.0611. The van der Waals surface area contributed by atoms with Crippen LogP contribution in [-0.4, -0.2) is 36.6 Å². The Hall–Kier alpha value is -4.59. The van der Waals surface area contributed by atoms with Crippen molar-refractivity contribution in [3.8, 4) is 5.75 Å². The molecular formula is C34H37N3O5. The average Bonchev–Trinajstić information content (AvgIpc) is 3.01. The number of nitrogens with zero attached hydrogens (tertiary/aromatic N) is 1. The van der Waals surface area contributed by atoms with Crippen molar-refractivity contribution in [2.45, 2.75) is 57.7 Å². The van der Waals surface area contributed by atoms with Crippen LogP contribution in [0.5, 0.6) is 5.75 Å². The van der Waals surface area contributed by atoms with Crippen LogP contribution in [0, 0.1) is 0 Å². The van der Waals surface area contributed by atoms with E-state index in [0.29, 0.717) is 27.9 Å². The van der Waals surface area contributed by atoms with Crippen LogP contribution in [0.3, 0.4) is 0 Å². The molecule has 2 N–H and O–H groups in total. The van der Waals surface area contributed by atoms with Gasteiger partial charge in [-0.15, -0.1) is 0 Å².